The smallest absolute Gasteiger partial charge is 0.256 e. The fourth-order valence-corrected chi connectivity index (χ4v) is 4.50. The molecule has 1 aliphatic heterocycles. The predicted molar refractivity (Wildman–Crippen MR) is 128 cm³/mol. The van der Waals surface area contributed by atoms with Crippen molar-refractivity contribution in [1.29, 1.82) is 0 Å². The highest BCUT2D eigenvalue weighted by atomic mass is 16.2. The fraction of sp³-hybridized carbons (Fsp3) is 0.185. The average molecular weight is 437 g/mol. The van der Waals surface area contributed by atoms with Gasteiger partial charge >= 0.3 is 0 Å². The van der Waals surface area contributed by atoms with E-state index in [4.69, 9.17) is 0 Å². The Hall–Kier alpha value is -4.06. The Morgan fingerprint density at radius 1 is 1.00 bits per heavy atom. The van der Waals surface area contributed by atoms with E-state index in [-0.39, 0.29) is 11.8 Å². The molecule has 6 nitrogen and oxygen atoms in total. The summed E-state index contributed by atoms with van der Waals surface area (Å²) >= 11 is 0. The van der Waals surface area contributed by atoms with Crippen LogP contribution < -0.4 is 5.32 Å². The molecule has 3 aromatic rings. The van der Waals surface area contributed by atoms with Crippen LogP contribution in [0, 0.1) is 11.8 Å². The number of benzene rings is 1. The van der Waals surface area contributed by atoms with E-state index in [1.54, 1.807) is 48.9 Å². The second-order valence-corrected chi connectivity index (χ2v) is 8.43. The van der Waals surface area contributed by atoms with Crippen molar-refractivity contribution in [1.82, 2.24) is 14.9 Å². The van der Waals surface area contributed by atoms with Gasteiger partial charge in [-0.2, -0.15) is 0 Å². The van der Waals surface area contributed by atoms with Gasteiger partial charge in [0.1, 0.15) is 5.82 Å². The van der Waals surface area contributed by atoms with E-state index < -0.39 is 0 Å². The lowest BCUT2D eigenvalue weighted by Crippen LogP contribution is -2.27. The van der Waals surface area contributed by atoms with Crippen LogP contribution in [0.4, 0.5) is 5.82 Å². The van der Waals surface area contributed by atoms with Gasteiger partial charge in [0, 0.05) is 43.3 Å². The van der Waals surface area contributed by atoms with Crippen LogP contribution in [0.25, 0.3) is 11.6 Å². The summed E-state index contributed by atoms with van der Waals surface area (Å²) in [5.41, 5.74) is 4.01. The molecule has 0 radical (unpaired) electrons. The van der Waals surface area contributed by atoms with Gasteiger partial charge in [0.05, 0.1) is 0 Å². The number of nitrogens with one attached hydrogen (secondary N) is 1. The van der Waals surface area contributed by atoms with Crippen molar-refractivity contribution in [2.24, 2.45) is 11.8 Å². The number of nitrogens with zero attached hydrogens (tertiary/aromatic N) is 3. The highest BCUT2D eigenvalue weighted by Gasteiger charge is 2.37. The summed E-state index contributed by atoms with van der Waals surface area (Å²) in [5, 5.41) is 2.75. The Bertz CT molecular complexity index is 1200. The molecular weight excluding hydrogens is 412 g/mol. The van der Waals surface area contributed by atoms with E-state index >= 15 is 0 Å². The number of carbonyl (C=O) groups excluding carboxylic acids is 2. The topological polar surface area (TPSA) is 75.2 Å². The van der Waals surface area contributed by atoms with Crippen molar-refractivity contribution in [3.8, 4) is 0 Å². The summed E-state index contributed by atoms with van der Waals surface area (Å²) in [7, 11) is 0. The first-order chi connectivity index (χ1) is 16.2. The molecule has 1 saturated heterocycles. The van der Waals surface area contributed by atoms with Crippen LogP contribution in [0.5, 0.6) is 0 Å². The van der Waals surface area contributed by atoms with E-state index in [0.29, 0.717) is 23.2 Å². The number of aromatic nitrogens is 2. The van der Waals surface area contributed by atoms with E-state index in [9.17, 15) is 9.59 Å². The second kappa shape index (κ2) is 9.20. The van der Waals surface area contributed by atoms with E-state index in [2.05, 4.69) is 45.6 Å². The summed E-state index contributed by atoms with van der Waals surface area (Å²) in [5.74, 6) is 1.17. The Balaban J connectivity index is 1.16. The van der Waals surface area contributed by atoms with Gasteiger partial charge < -0.3 is 10.2 Å². The number of pyridine rings is 2. The fourth-order valence-electron chi connectivity index (χ4n) is 4.50. The van der Waals surface area contributed by atoms with Crippen LogP contribution >= 0.6 is 0 Å². The number of likely N-dealkylation sites (tertiary alicyclic amines) is 1. The molecule has 1 aliphatic carbocycles. The molecule has 33 heavy (non-hydrogen) atoms. The number of anilines is 1. The Morgan fingerprint density at radius 2 is 1.82 bits per heavy atom. The number of amides is 2. The second-order valence-electron chi connectivity index (χ2n) is 8.43. The molecule has 2 aromatic heterocycles. The largest absolute Gasteiger partial charge is 0.338 e. The van der Waals surface area contributed by atoms with Crippen LogP contribution in [0.3, 0.4) is 0 Å². The Morgan fingerprint density at radius 3 is 2.55 bits per heavy atom. The minimum absolute atomic E-state index is 0.0223. The lowest BCUT2D eigenvalue weighted by Gasteiger charge is -2.15. The molecule has 5 rings (SSSR count). The number of hydrogen-bond donors (Lipinski definition) is 1. The number of carbonyl (C=O) groups is 2. The molecule has 2 amide bonds. The van der Waals surface area contributed by atoms with Gasteiger partial charge in [-0.1, -0.05) is 36.4 Å². The molecule has 3 heterocycles. The van der Waals surface area contributed by atoms with Crippen molar-refractivity contribution < 1.29 is 9.59 Å². The number of rotatable bonds is 5. The number of allylic oxidation sites excluding steroid dienone is 1. The van der Waals surface area contributed by atoms with Crippen molar-refractivity contribution in [3.05, 3.63) is 102 Å². The lowest BCUT2D eigenvalue weighted by molar-refractivity contribution is -0.125. The summed E-state index contributed by atoms with van der Waals surface area (Å²) < 4.78 is 0. The van der Waals surface area contributed by atoms with Crippen molar-refractivity contribution >= 4 is 29.3 Å². The minimum atomic E-state index is -0.243. The van der Waals surface area contributed by atoms with Crippen LogP contribution in [-0.2, 0) is 4.79 Å². The van der Waals surface area contributed by atoms with Crippen molar-refractivity contribution in [2.45, 2.75) is 6.42 Å². The van der Waals surface area contributed by atoms with Crippen LogP contribution in [0.15, 0.2) is 85.3 Å². The van der Waals surface area contributed by atoms with Gasteiger partial charge in [-0.3, -0.25) is 14.6 Å². The zero-order chi connectivity index (χ0) is 22.6. The van der Waals surface area contributed by atoms with Crippen molar-refractivity contribution in [3.63, 3.8) is 0 Å². The summed E-state index contributed by atoms with van der Waals surface area (Å²) in [6, 6.07) is 17.3. The summed E-state index contributed by atoms with van der Waals surface area (Å²) in [6.07, 6.45) is 11.5. The predicted octanol–water partition coefficient (Wildman–Crippen LogP) is 4.30. The third kappa shape index (κ3) is 4.75. The van der Waals surface area contributed by atoms with E-state index in [0.717, 1.165) is 25.1 Å². The Labute approximate surface area is 192 Å². The zero-order valence-electron chi connectivity index (χ0n) is 18.1. The highest BCUT2D eigenvalue weighted by Crippen LogP contribution is 2.40. The highest BCUT2D eigenvalue weighted by molar-refractivity contribution is 6.03. The van der Waals surface area contributed by atoms with E-state index in [1.807, 2.05) is 17.0 Å². The molecule has 1 fully saturated rings. The monoisotopic (exact) mass is 436 g/mol. The minimum Gasteiger partial charge on any atom is -0.338 e. The molecule has 2 aliphatic rings. The van der Waals surface area contributed by atoms with Gasteiger partial charge in [-0.05, 0) is 65.3 Å². The maximum absolute atomic E-state index is 12.7. The normalized spacial score (nSPS) is 19.4. The van der Waals surface area contributed by atoms with Gasteiger partial charge in [0.2, 0.25) is 5.91 Å². The third-order valence-corrected chi connectivity index (χ3v) is 6.23. The lowest BCUT2D eigenvalue weighted by atomic mass is 9.98. The average Bonchev–Trinajstić information content (AvgIpc) is 3.44. The summed E-state index contributed by atoms with van der Waals surface area (Å²) in [6.45, 7) is 1.56. The van der Waals surface area contributed by atoms with Crippen LogP contribution in [0.1, 0.15) is 27.9 Å². The van der Waals surface area contributed by atoms with E-state index in [1.165, 1.54) is 11.1 Å². The maximum atomic E-state index is 12.7. The molecule has 0 saturated carbocycles. The van der Waals surface area contributed by atoms with Gasteiger partial charge in [0.25, 0.3) is 5.91 Å². The molecule has 2 unspecified atom stereocenters. The van der Waals surface area contributed by atoms with Crippen LogP contribution in [-0.4, -0.2) is 39.8 Å². The van der Waals surface area contributed by atoms with Gasteiger partial charge in [-0.25, -0.2) is 4.98 Å². The first-order valence-corrected chi connectivity index (χ1v) is 11.1. The van der Waals surface area contributed by atoms with Crippen molar-refractivity contribution in [2.75, 3.05) is 18.4 Å². The number of hydrogen-bond acceptors (Lipinski definition) is 4. The molecular formula is C27H24N4O2. The molecule has 1 aromatic carbocycles. The van der Waals surface area contributed by atoms with Crippen LogP contribution in [0.2, 0.25) is 0 Å². The molecule has 1 N–H and O–H groups in total. The number of fused-ring (bicyclic) bond motifs is 1. The molecule has 164 valence electrons. The summed E-state index contributed by atoms with van der Waals surface area (Å²) in [4.78, 5) is 35.0. The molecule has 2 atom stereocenters. The molecule has 0 spiro atoms. The molecule has 0 bridgehead atoms. The first kappa shape index (κ1) is 20.8. The SMILES string of the molecule is O=C(Nc1ccc(C=CC(=O)N2CC3C=C(c4ccccc4)CC3C2)cn1)c1ccncc1. The Kier molecular flexibility index (Phi) is 5.81. The quantitative estimate of drug-likeness (QED) is 0.605. The standard InChI is InChI=1S/C27H24N4O2/c32-26(31-17-23-14-22(15-24(23)18-31)20-4-2-1-3-5-20)9-7-19-6-8-25(29-16-19)30-27(33)21-10-12-28-13-11-21/h1-14,16,23-24H,15,17-18H2,(H,29,30,33). The van der Waals surface area contributed by atoms with Gasteiger partial charge in [0.15, 0.2) is 0 Å². The zero-order valence-corrected chi connectivity index (χ0v) is 18.1. The third-order valence-electron chi connectivity index (χ3n) is 6.23. The van der Waals surface area contributed by atoms with Gasteiger partial charge in [-0.15, -0.1) is 0 Å². The molecule has 6 heteroatoms. The first-order valence-electron chi connectivity index (χ1n) is 11.1. The maximum Gasteiger partial charge on any atom is 0.256 e.